The van der Waals surface area contributed by atoms with Crippen LogP contribution in [0.25, 0.3) is 22.5 Å². The van der Waals surface area contributed by atoms with Crippen LogP contribution >= 0.6 is 0 Å². The summed E-state index contributed by atoms with van der Waals surface area (Å²) < 4.78 is 0. The Hall–Kier alpha value is -2.93. The van der Waals surface area contributed by atoms with Crippen molar-refractivity contribution < 1.29 is 0 Å². The third-order valence-corrected chi connectivity index (χ3v) is 4.88. The first-order valence-corrected chi connectivity index (χ1v) is 8.72. The van der Waals surface area contributed by atoms with Crippen molar-refractivity contribution in [2.75, 3.05) is 0 Å². The second-order valence-electron chi connectivity index (χ2n) is 6.77. The van der Waals surface area contributed by atoms with Gasteiger partial charge in [-0.3, -0.25) is 0 Å². The molecule has 0 amide bonds. The molecule has 1 heterocycles. The van der Waals surface area contributed by atoms with Gasteiger partial charge in [0.05, 0.1) is 11.4 Å². The molecule has 1 aromatic heterocycles. The summed E-state index contributed by atoms with van der Waals surface area (Å²) in [6.07, 6.45) is 9.82. The molecule has 1 aliphatic rings. The van der Waals surface area contributed by atoms with Gasteiger partial charge < -0.3 is 0 Å². The van der Waals surface area contributed by atoms with E-state index in [9.17, 15) is 0 Å². The van der Waals surface area contributed by atoms with Crippen molar-refractivity contribution in [2.24, 2.45) is 0 Å². The SMILES string of the molecule is CC1(c2cc(-c3ccccc3)nc(-c3ccccc3)c2)C=CC=CC1. The van der Waals surface area contributed by atoms with E-state index in [-0.39, 0.29) is 5.41 Å². The lowest BCUT2D eigenvalue weighted by Crippen LogP contribution is -2.20. The van der Waals surface area contributed by atoms with Gasteiger partial charge in [-0.2, -0.15) is 0 Å². The molecule has 0 saturated heterocycles. The van der Waals surface area contributed by atoms with Crippen LogP contribution in [0, 0.1) is 0 Å². The zero-order valence-corrected chi connectivity index (χ0v) is 14.4. The number of hydrogen-bond donors (Lipinski definition) is 0. The highest BCUT2D eigenvalue weighted by Gasteiger charge is 2.25. The molecule has 0 aliphatic heterocycles. The van der Waals surface area contributed by atoms with Crippen LogP contribution in [-0.4, -0.2) is 4.98 Å². The lowest BCUT2D eigenvalue weighted by atomic mass is 9.77. The third-order valence-electron chi connectivity index (χ3n) is 4.88. The summed E-state index contributed by atoms with van der Waals surface area (Å²) >= 11 is 0. The Labute approximate surface area is 149 Å². The van der Waals surface area contributed by atoms with Gasteiger partial charge in [0.2, 0.25) is 0 Å². The first kappa shape index (κ1) is 15.6. The average molecular weight is 323 g/mol. The van der Waals surface area contributed by atoms with Crippen molar-refractivity contribution in [3.8, 4) is 22.5 Å². The molecule has 3 aromatic rings. The minimum atomic E-state index is 0.00471. The van der Waals surface area contributed by atoms with Crippen molar-refractivity contribution >= 4 is 0 Å². The zero-order chi connectivity index (χ0) is 17.1. The highest BCUT2D eigenvalue weighted by atomic mass is 14.7. The van der Waals surface area contributed by atoms with E-state index in [1.165, 1.54) is 5.56 Å². The van der Waals surface area contributed by atoms with Crippen LogP contribution in [0.15, 0.2) is 97.1 Å². The van der Waals surface area contributed by atoms with Crippen LogP contribution < -0.4 is 0 Å². The van der Waals surface area contributed by atoms with Crippen molar-refractivity contribution in [3.63, 3.8) is 0 Å². The van der Waals surface area contributed by atoms with Gasteiger partial charge in [-0.05, 0) is 24.1 Å². The van der Waals surface area contributed by atoms with E-state index in [2.05, 4.69) is 91.9 Å². The maximum atomic E-state index is 4.96. The summed E-state index contributed by atoms with van der Waals surface area (Å²) in [5.41, 5.74) is 5.68. The molecule has 2 aromatic carbocycles. The molecule has 0 N–H and O–H groups in total. The molecule has 25 heavy (non-hydrogen) atoms. The monoisotopic (exact) mass is 323 g/mol. The second kappa shape index (κ2) is 6.52. The predicted octanol–water partition coefficient (Wildman–Crippen LogP) is 6.19. The molecule has 1 heteroatoms. The van der Waals surface area contributed by atoms with E-state index < -0.39 is 0 Å². The number of allylic oxidation sites excluding steroid dienone is 4. The molecule has 0 bridgehead atoms. The molecular weight excluding hydrogens is 302 g/mol. The molecule has 1 aliphatic carbocycles. The first-order valence-electron chi connectivity index (χ1n) is 8.72. The minimum Gasteiger partial charge on any atom is -0.248 e. The zero-order valence-electron chi connectivity index (χ0n) is 14.4. The molecule has 4 rings (SSSR count). The van der Waals surface area contributed by atoms with E-state index in [4.69, 9.17) is 4.98 Å². The lowest BCUT2D eigenvalue weighted by molar-refractivity contribution is 0.599. The van der Waals surface area contributed by atoms with Gasteiger partial charge >= 0.3 is 0 Å². The summed E-state index contributed by atoms with van der Waals surface area (Å²) in [7, 11) is 0. The van der Waals surface area contributed by atoms with Gasteiger partial charge in [0.25, 0.3) is 0 Å². The Balaban J connectivity index is 1.89. The predicted molar refractivity (Wildman–Crippen MR) is 105 cm³/mol. The summed E-state index contributed by atoms with van der Waals surface area (Å²) in [5.74, 6) is 0. The smallest absolute Gasteiger partial charge is 0.0712 e. The van der Waals surface area contributed by atoms with Crippen LogP contribution in [0.3, 0.4) is 0 Å². The largest absolute Gasteiger partial charge is 0.248 e. The van der Waals surface area contributed by atoms with E-state index in [1.807, 2.05) is 12.1 Å². The number of rotatable bonds is 3. The highest BCUT2D eigenvalue weighted by Crippen LogP contribution is 2.36. The second-order valence-corrected chi connectivity index (χ2v) is 6.77. The molecule has 1 unspecified atom stereocenters. The fourth-order valence-corrected chi connectivity index (χ4v) is 3.32. The topological polar surface area (TPSA) is 12.9 Å². The summed E-state index contributed by atoms with van der Waals surface area (Å²) in [6.45, 7) is 2.30. The van der Waals surface area contributed by atoms with Crippen LogP contribution in [-0.2, 0) is 5.41 Å². The fraction of sp³-hybridized carbons (Fsp3) is 0.125. The molecule has 0 fully saturated rings. The molecule has 122 valence electrons. The lowest BCUT2D eigenvalue weighted by Gasteiger charge is -2.28. The Kier molecular flexibility index (Phi) is 4.07. The van der Waals surface area contributed by atoms with Crippen LogP contribution in [0.2, 0.25) is 0 Å². The van der Waals surface area contributed by atoms with Gasteiger partial charge in [-0.1, -0.05) is 91.9 Å². The van der Waals surface area contributed by atoms with Gasteiger partial charge in [0, 0.05) is 16.5 Å². The maximum absolute atomic E-state index is 4.96. The number of nitrogens with zero attached hydrogens (tertiary/aromatic N) is 1. The van der Waals surface area contributed by atoms with Crippen molar-refractivity contribution in [1.82, 2.24) is 4.98 Å². The number of hydrogen-bond acceptors (Lipinski definition) is 1. The Bertz CT molecular complexity index is 865. The molecule has 1 nitrogen and oxygen atoms in total. The standard InChI is InChI=1S/C24H21N/c1-24(15-9-4-10-16-24)21-17-22(19-11-5-2-6-12-19)25-23(18-21)20-13-7-3-8-14-20/h2-15,17-18H,16H2,1H3. The summed E-state index contributed by atoms with van der Waals surface area (Å²) in [6, 6.07) is 25.3. The van der Waals surface area contributed by atoms with Gasteiger partial charge in [0.15, 0.2) is 0 Å². The molecule has 1 atom stereocenters. The minimum absolute atomic E-state index is 0.00471. The highest BCUT2D eigenvalue weighted by molar-refractivity contribution is 5.68. The maximum Gasteiger partial charge on any atom is 0.0712 e. The number of benzene rings is 2. The first-order chi connectivity index (χ1) is 12.2. The van der Waals surface area contributed by atoms with Crippen molar-refractivity contribution in [1.29, 1.82) is 0 Å². The molecular formula is C24H21N. The van der Waals surface area contributed by atoms with E-state index in [0.717, 1.165) is 28.9 Å². The number of aromatic nitrogens is 1. The summed E-state index contributed by atoms with van der Waals surface area (Å²) in [4.78, 5) is 4.96. The van der Waals surface area contributed by atoms with Crippen molar-refractivity contribution in [3.05, 3.63) is 103 Å². The van der Waals surface area contributed by atoms with Gasteiger partial charge in [-0.25, -0.2) is 4.98 Å². The van der Waals surface area contributed by atoms with Gasteiger partial charge in [0.1, 0.15) is 0 Å². The summed E-state index contributed by atoms with van der Waals surface area (Å²) in [5, 5.41) is 0. The Morgan fingerprint density at radius 2 is 1.32 bits per heavy atom. The van der Waals surface area contributed by atoms with Crippen molar-refractivity contribution in [2.45, 2.75) is 18.8 Å². The number of pyridine rings is 1. The average Bonchev–Trinajstić information content (AvgIpc) is 2.70. The Morgan fingerprint density at radius 3 is 1.80 bits per heavy atom. The van der Waals surface area contributed by atoms with Crippen LogP contribution in [0.1, 0.15) is 18.9 Å². The van der Waals surface area contributed by atoms with Gasteiger partial charge in [-0.15, -0.1) is 0 Å². The van der Waals surface area contributed by atoms with E-state index in [0.29, 0.717) is 0 Å². The van der Waals surface area contributed by atoms with E-state index >= 15 is 0 Å². The fourth-order valence-electron chi connectivity index (χ4n) is 3.32. The molecule has 0 radical (unpaired) electrons. The molecule has 0 saturated carbocycles. The third kappa shape index (κ3) is 3.18. The molecule has 0 spiro atoms. The quantitative estimate of drug-likeness (QED) is 0.560. The van der Waals surface area contributed by atoms with E-state index in [1.54, 1.807) is 0 Å². The van der Waals surface area contributed by atoms with Crippen LogP contribution in [0.5, 0.6) is 0 Å². The van der Waals surface area contributed by atoms with Crippen LogP contribution in [0.4, 0.5) is 0 Å². The normalized spacial score (nSPS) is 19.1. The Morgan fingerprint density at radius 1 is 0.760 bits per heavy atom.